The van der Waals surface area contributed by atoms with Gasteiger partial charge >= 0.3 is 6.36 Å². The normalized spacial score (nSPS) is 11.7. The SMILES string of the molecule is CCc1cn(-c2nc(-c3ccccn3)nc(C)c2C(N)=O)c2ccc(OC(F)(F)F)cc12. The molecular formula is C22H18F3N5O2. The molecule has 4 rings (SSSR count). The number of hydrogen-bond acceptors (Lipinski definition) is 5. The minimum atomic E-state index is -4.80. The van der Waals surface area contributed by atoms with Crippen LogP contribution in [0.3, 0.4) is 0 Å². The number of fused-ring (bicyclic) bond motifs is 1. The highest BCUT2D eigenvalue weighted by molar-refractivity contribution is 5.98. The third-order valence-corrected chi connectivity index (χ3v) is 4.91. The molecule has 3 aromatic heterocycles. The number of carbonyl (C=O) groups excluding carboxylic acids is 1. The van der Waals surface area contributed by atoms with Gasteiger partial charge in [-0.1, -0.05) is 13.0 Å². The average molecular weight is 441 g/mol. The molecule has 1 amide bonds. The summed E-state index contributed by atoms with van der Waals surface area (Å²) in [4.78, 5) is 25.4. The maximum Gasteiger partial charge on any atom is 0.573 e. The first-order valence-corrected chi connectivity index (χ1v) is 9.68. The number of pyridine rings is 1. The summed E-state index contributed by atoms with van der Waals surface area (Å²) in [7, 11) is 0. The van der Waals surface area contributed by atoms with Crippen molar-refractivity contribution in [2.75, 3.05) is 0 Å². The van der Waals surface area contributed by atoms with Crippen LogP contribution in [-0.4, -0.2) is 31.8 Å². The lowest BCUT2D eigenvalue weighted by atomic mass is 10.1. The number of ether oxygens (including phenoxy) is 1. The van der Waals surface area contributed by atoms with Crippen LogP contribution in [0, 0.1) is 6.92 Å². The topological polar surface area (TPSA) is 95.9 Å². The van der Waals surface area contributed by atoms with Crippen molar-refractivity contribution in [2.24, 2.45) is 5.73 Å². The highest BCUT2D eigenvalue weighted by Crippen LogP contribution is 2.32. The van der Waals surface area contributed by atoms with Crippen molar-refractivity contribution in [1.29, 1.82) is 0 Å². The molecule has 0 aliphatic rings. The number of benzene rings is 1. The first-order chi connectivity index (χ1) is 15.2. The number of nitrogens with two attached hydrogens (primary N) is 1. The summed E-state index contributed by atoms with van der Waals surface area (Å²) in [5, 5.41) is 0.542. The number of nitrogens with zero attached hydrogens (tertiary/aromatic N) is 4. The van der Waals surface area contributed by atoms with E-state index in [1.165, 1.54) is 18.2 Å². The van der Waals surface area contributed by atoms with Crippen LogP contribution in [0.15, 0.2) is 48.8 Å². The fourth-order valence-corrected chi connectivity index (χ4v) is 3.56. The number of hydrogen-bond donors (Lipinski definition) is 1. The van der Waals surface area contributed by atoms with Gasteiger partial charge in [-0.3, -0.25) is 9.78 Å². The van der Waals surface area contributed by atoms with Gasteiger partial charge in [0, 0.05) is 17.8 Å². The molecule has 0 saturated carbocycles. The standard InChI is InChI=1S/C22H18F3N5O2/c1-3-13-11-30(17-8-7-14(10-15(13)17)32-22(23,24)25)21-18(19(26)31)12(2)28-20(29-21)16-6-4-5-9-27-16/h4-11H,3H2,1-2H3,(H2,26,31). The lowest BCUT2D eigenvalue weighted by Gasteiger charge is -2.13. The van der Waals surface area contributed by atoms with Crippen molar-refractivity contribution in [3.63, 3.8) is 0 Å². The fraction of sp³-hybridized carbons (Fsp3) is 0.182. The van der Waals surface area contributed by atoms with Crippen molar-refractivity contribution in [1.82, 2.24) is 19.5 Å². The van der Waals surface area contributed by atoms with Crippen molar-refractivity contribution >= 4 is 16.8 Å². The van der Waals surface area contributed by atoms with E-state index in [4.69, 9.17) is 5.73 Å². The molecule has 0 aliphatic carbocycles. The van der Waals surface area contributed by atoms with Crippen LogP contribution in [0.5, 0.6) is 5.75 Å². The molecule has 0 unspecified atom stereocenters. The van der Waals surface area contributed by atoms with Crippen molar-refractivity contribution in [2.45, 2.75) is 26.6 Å². The number of aryl methyl sites for hydroxylation is 2. The minimum absolute atomic E-state index is 0.111. The van der Waals surface area contributed by atoms with Gasteiger partial charge in [0.1, 0.15) is 17.0 Å². The maximum atomic E-state index is 12.7. The van der Waals surface area contributed by atoms with Gasteiger partial charge < -0.3 is 15.0 Å². The number of primary amides is 1. The molecule has 0 bridgehead atoms. The zero-order chi connectivity index (χ0) is 23.0. The summed E-state index contributed by atoms with van der Waals surface area (Å²) >= 11 is 0. The molecule has 0 aliphatic heterocycles. The molecule has 32 heavy (non-hydrogen) atoms. The van der Waals surface area contributed by atoms with Gasteiger partial charge in [0.15, 0.2) is 11.6 Å². The van der Waals surface area contributed by atoms with Gasteiger partial charge in [0.2, 0.25) is 0 Å². The summed E-state index contributed by atoms with van der Waals surface area (Å²) in [6.45, 7) is 3.51. The maximum absolute atomic E-state index is 12.7. The Hall–Kier alpha value is -3.95. The quantitative estimate of drug-likeness (QED) is 0.497. The minimum Gasteiger partial charge on any atom is -0.406 e. The first kappa shape index (κ1) is 21.3. The molecule has 4 aromatic rings. The van der Waals surface area contributed by atoms with Crippen molar-refractivity contribution in [3.8, 4) is 23.1 Å². The van der Waals surface area contributed by atoms with E-state index in [9.17, 15) is 18.0 Å². The van der Waals surface area contributed by atoms with Crippen LogP contribution in [0.25, 0.3) is 28.2 Å². The number of rotatable bonds is 5. The Labute approximate surface area is 180 Å². The number of aromatic nitrogens is 4. The summed E-state index contributed by atoms with van der Waals surface area (Å²) in [6, 6.07) is 9.28. The molecular weight excluding hydrogens is 423 g/mol. The summed E-state index contributed by atoms with van der Waals surface area (Å²) < 4.78 is 43.7. The highest BCUT2D eigenvalue weighted by atomic mass is 19.4. The Bertz CT molecular complexity index is 1320. The largest absolute Gasteiger partial charge is 0.573 e. The lowest BCUT2D eigenvalue weighted by Crippen LogP contribution is -2.19. The van der Waals surface area contributed by atoms with Gasteiger partial charge in [-0.2, -0.15) is 0 Å². The molecule has 0 saturated heterocycles. The van der Waals surface area contributed by atoms with E-state index in [2.05, 4.69) is 19.7 Å². The number of amides is 1. The molecule has 0 spiro atoms. The molecule has 0 radical (unpaired) electrons. The van der Waals surface area contributed by atoms with Gasteiger partial charge in [0.25, 0.3) is 5.91 Å². The van der Waals surface area contributed by atoms with E-state index in [1.807, 2.05) is 6.92 Å². The molecule has 0 atom stereocenters. The molecule has 7 nitrogen and oxygen atoms in total. The zero-order valence-electron chi connectivity index (χ0n) is 17.1. The molecule has 3 heterocycles. The van der Waals surface area contributed by atoms with Crippen molar-refractivity contribution in [3.05, 3.63) is 65.6 Å². The van der Waals surface area contributed by atoms with E-state index in [-0.39, 0.29) is 17.1 Å². The van der Waals surface area contributed by atoms with E-state index >= 15 is 0 Å². The van der Waals surface area contributed by atoms with E-state index in [0.717, 1.165) is 5.56 Å². The summed E-state index contributed by atoms with van der Waals surface area (Å²) in [5.74, 6) is -0.539. The second-order valence-electron chi connectivity index (χ2n) is 7.02. The Morgan fingerprint density at radius 1 is 1.19 bits per heavy atom. The van der Waals surface area contributed by atoms with E-state index < -0.39 is 12.3 Å². The van der Waals surface area contributed by atoms with Gasteiger partial charge in [-0.15, -0.1) is 13.2 Å². The smallest absolute Gasteiger partial charge is 0.406 e. The van der Waals surface area contributed by atoms with Gasteiger partial charge in [-0.05, 0) is 49.2 Å². The van der Waals surface area contributed by atoms with Crippen LogP contribution < -0.4 is 10.5 Å². The summed E-state index contributed by atoms with van der Waals surface area (Å²) in [5.41, 5.74) is 7.89. The van der Waals surface area contributed by atoms with Gasteiger partial charge in [-0.25, -0.2) is 9.97 Å². The van der Waals surface area contributed by atoms with Crippen LogP contribution in [0.2, 0.25) is 0 Å². The summed E-state index contributed by atoms with van der Waals surface area (Å²) in [6.07, 6.45) is -0.957. The number of alkyl halides is 3. The second-order valence-corrected chi connectivity index (χ2v) is 7.02. The Kier molecular flexibility index (Phi) is 5.29. The average Bonchev–Trinajstić information content (AvgIpc) is 3.10. The predicted octanol–water partition coefficient (Wildman–Crippen LogP) is 4.35. The first-order valence-electron chi connectivity index (χ1n) is 9.68. The predicted molar refractivity (Wildman–Crippen MR) is 111 cm³/mol. The highest BCUT2D eigenvalue weighted by Gasteiger charge is 2.31. The Morgan fingerprint density at radius 2 is 1.97 bits per heavy atom. The third kappa shape index (κ3) is 3.98. The monoisotopic (exact) mass is 441 g/mol. The molecule has 164 valence electrons. The third-order valence-electron chi connectivity index (χ3n) is 4.91. The van der Waals surface area contributed by atoms with Crippen molar-refractivity contribution < 1.29 is 22.7 Å². The number of carbonyl (C=O) groups is 1. The Balaban J connectivity index is 1.97. The molecule has 10 heteroatoms. The Morgan fingerprint density at radius 3 is 2.59 bits per heavy atom. The van der Waals surface area contributed by atoms with Gasteiger partial charge in [0.05, 0.1) is 11.2 Å². The van der Waals surface area contributed by atoms with E-state index in [1.54, 1.807) is 42.1 Å². The van der Waals surface area contributed by atoms with Crippen LogP contribution in [0.1, 0.15) is 28.5 Å². The molecule has 1 aromatic carbocycles. The van der Waals surface area contributed by atoms with Crippen LogP contribution >= 0.6 is 0 Å². The van der Waals surface area contributed by atoms with Crippen LogP contribution in [0.4, 0.5) is 13.2 Å². The van der Waals surface area contributed by atoms with E-state index in [0.29, 0.717) is 34.5 Å². The number of halogens is 3. The molecule has 0 fully saturated rings. The zero-order valence-corrected chi connectivity index (χ0v) is 17.1. The van der Waals surface area contributed by atoms with Crippen LogP contribution in [-0.2, 0) is 6.42 Å². The fourth-order valence-electron chi connectivity index (χ4n) is 3.56. The second kappa shape index (κ2) is 7.95. The molecule has 2 N–H and O–H groups in total. The lowest BCUT2D eigenvalue weighted by molar-refractivity contribution is -0.274.